The summed E-state index contributed by atoms with van der Waals surface area (Å²) in [5, 5.41) is 9.89. The molecular formula is C12H19NO2. The summed E-state index contributed by atoms with van der Waals surface area (Å²) in [7, 11) is 0. The third-order valence-electron chi connectivity index (χ3n) is 2.44. The van der Waals surface area contributed by atoms with Gasteiger partial charge in [-0.25, -0.2) is 0 Å². The molecule has 84 valence electrons. The molecular weight excluding hydrogens is 190 g/mol. The number of ether oxygens (including phenoxy) is 1. The fraction of sp³-hybridized carbons (Fsp3) is 0.500. The first-order valence-corrected chi connectivity index (χ1v) is 5.30. The molecule has 0 saturated heterocycles. The number of benzene rings is 1. The molecule has 0 aliphatic rings. The first-order chi connectivity index (χ1) is 7.19. The Morgan fingerprint density at radius 1 is 1.33 bits per heavy atom. The zero-order valence-electron chi connectivity index (χ0n) is 9.31. The molecule has 0 bridgehead atoms. The Morgan fingerprint density at radius 2 is 1.93 bits per heavy atom. The van der Waals surface area contributed by atoms with Crippen LogP contribution in [0.25, 0.3) is 0 Å². The first kappa shape index (κ1) is 12.0. The van der Waals surface area contributed by atoms with E-state index in [0.29, 0.717) is 13.2 Å². The molecule has 3 heteroatoms. The van der Waals surface area contributed by atoms with Gasteiger partial charge < -0.3 is 15.6 Å². The van der Waals surface area contributed by atoms with E-state index in [4.69, 9.17) is 10.5 Å². The van der Waals surface area contributed by atoms with Gasteiger partial charge in [-0.3, -0.25) is 0 Å². The van der Waals surface area contributed by atoms with Gasteiger partial charge in [0.25, 0.3) is 0 Å². The van der Waals surface area contributed by atoms with Crippen molar-refractivity contribution in [2.45, 2.75) is 20.0 Å². The van der Waals surface area contributed by atoms with Gasteiger partial charge in [-0.05, 0) is 37.1 Å². The summed E-state index contributed by atoms with van der Waals surface area (Å²) < 4.78 is 5.32. The lowest BCUT2D eigenvalue weighted by Crippen LogP contribution is -2.18. The summed E-state index contributed by atoms with van der Waals surface area (Å²) in [6.45, 7) is 5.01. The van der Waals surface area contributed by atoms with Crippen molar-refractivity contribution in [3.63, 3.8) is 0 Å². The maximum atomic E-state index is 9.89. The number of aliphatic hydroxyl groups is 1. The first-order valence-electron chi connectivity index (χ1n) is 5.30. The number of aliphatic hydroxyl groups excluding tert-OH is 1. The predicted octanol–water partition coefficient (Wildman–Crippen LogP) is 1.71. The average molecular weight is 209 g/mol. The van der Waals surface area contributed by atoms with Gasteiger partial charge >= 0.3 is 0 Å². The number of rotatable bonds is 5. The van der Waals surface area contributed by atoms with Crippen LogP contribution >= 0.6 is 0 Å². The molecule has 1 rings (SSSR count). The Bertz CT molecular complexity index is 284. The molecule has 0 saturated carbocycles. The van der Waals surface area contributed by atoms with E-state index in [-0.39, 0.29) is 5.92 Å². The van der Waals surface area contributed by atoms with E-state index < -0.39 is 6.10 Å². The highest BCUT2D eigenvalue weighted by atomic mass is 16.5. The fourth-order valence-electron chi connectivity index (χ4n) is 1.39. The van der Waals surface area contributed by atoms with Gasteiger partial charge in [0, 0.05) is 0 Å². The van der Waals surface area contributed by atoms with E-state index in [0.717, 1.165) is 11.3 Å². The molecule has 1 aromatic rings. The van der Waals surface area contributed by atoms with Crippen LogP contribution in [-0.2, 0) is 0 Å². The van der Waals surface area contributed by atoms with E-state index in [9.17, 15) is 5.11 Å². The van der Waals surface area contributed by atoms with Crippen LogP contribution in [0.4, 0.5) is 0 Å². The van der Waals surface area contributed by atoms with E-state index in [1.54, 1.807) is 0 Å². The molecule has 2 atom stereocenters. The van der Waals surface area contributed by atoms with Crippen LogP contribution in [0.15, 0.2) is 24.3 Å². The zero-order chi connectivity index (χ0) is 11.3. The second-order valence-electron chi connectivity index (χ2n) is 3.66. The number of nitrogens with two attached hydrogens (primary N) is 1. The molecule has 0 spiro atoms. The van der Waals surface area contributed by atoms with E-state index in [1.807, 2.05) is 38.1 Å². The zero-order valence-corrected chi connectivity index (χ0v) is 9.31. The Hall–Kier alpha value is -1.06. The SMILES string of the molecule is CCOc1ccc(C(O)C(C)CN)cc1. The third kappa shape index (κ3) is 3.22. The standard InChI is InChI=1S/C12H19NO2/c1-3-15-11-6-4-10(5-7-11)12(14)9(2)8-13/h4-7,9,12,14H,3,8,13H2,1-2H3. The Morgan fingerprint density at radius 3 is 2.40 bits per heavy atom. The highest BCUT2D eigenvalue weighted by molar-refractivity contribution is 5.28. The smallest absolute Gasteiger partial charge is 0.119 e. The van der Waals surface area contributed by atoms with Crippen molar-refractivity contribution >= 4 is 0 Å². The minimum Gasteiger partial charge on any atom is -0.494 e. The Labute approximate surface area is 90.9 Å². The summed E-state index contributed by atoms with van der Waals surface area (Å²) in [4.78, 5) is 0. The van der Waals surface area contributed by atoms with Crippen LogP contribution in [0.2, 0.25) is 0 Å². The van der Waals surface area contributed by atoms with Gasteiger partial charge in [-0.1, -0.05) is 19.1 Å². The van der Waals surface area contributed by atoms with Crippen molar-refractivity contribution in [2.75, 3.05) is 13.2 Å². The maximum Gasteiger partial charge on any atom is 0.119 e. The second-order valence-corrected chi connectivity index (χ2v) is 3.66. The van der Waals surface area contributed by atoms with Gasteiger partial charge in [-0.2, -0.15) is 0 Å². The quantitative estimate of drug-likeness (QED) is 0.776. The van der Waals surface area contributed by atoms with Crippen molar-refractivity contribution in [1.29, 1.82) is 0 Å². The molecule has 0 fully saturated rings. The lowest BCUT2D eigenvalue weighted by Gasteiger charge is -2.17. The molecule has 1 aromatic carbocycles. The van der Waals surface area contributed by atoms with Gasteiger partial charge in [0.1, 0.15) is 5.75 Å². The molecule has 2 unspecified atom stereocenters. The lowest BCUT2D eigenvalue weighted by atomic mass is 9.98. The highest BCUT2D eigenvalue weighted by Gasteiger charge is 2.14. The van der Waals surface area contributed by atoms with E-state index in [2.05, 4.69) is 0 Å². The molecule has 0 aromatic heterocycles. The molecule has 0 heterocycles. The molecule has 3 N–H and O–H groups in total. The van der Waals surface area contributed by atoms with Crippen LogP contribution in [0, 0.1) is 5.92 Å². The highest BCUT2D eigenvalue weighted by Crippen LogP contribution is 2.23. The van der Waals surface area contributed by atoms with Gasteiger partial charge in [0.2, 0.25) is 0 Å². The van der Waals surface area contributed by atoms with Crippen LogP contribution < -0.4 is 10.5 Å². The van der Waals surface area contributed by atoms with Crippen molar-refractivity contribution in [3.8, 4) is 5.75 Å². The normalized spacial score (nSPS) is 14.7. The van der Waals surface area contributed by atoms with Crippen LogP contribution in [0.3, 0.4) is 0 Å². The average Bonchev–Trinajstić information content (AvgIpc) is 2.28. The minimum absolute atomic E-state index is 0.0722. The van der Waals surface area contributed by atoms with Crippen LogP contribution in [-0.4, -0.2) is 18.3 Å². The largest absolute Gasteiger partial charge is 0.494 e. The topological polar surface area (TPSA) is 55.5 Å². The van der Waals surface area contributed by atoms with Crippen molar-refractivity contribution < 1.29 is 9.84 Å². The van der Waals surface area contributed by atoms with Crippen LogP contribution in [0.5, 0.6) is 5.75 Å². The summed E-state index contributed by atoms with van der Waals surface area (Å²) >= 11 is 0. The Kier molecular flexibility index (Phi) is 4.59. The maximum absolute atomic E-state index is 9.89. The molecule has 0 amide bonds. The molecule has 15 heavy (non-hydrogen) atoms. The fourth-order valence-corrected chi connectivity index (χ4v) is 1.39. The summed E-state index contributed by atoms with van der Waals surface area (Å²) in [6.07, 6.45) is -0.495. The van der Waals surface area contributed by atoms with Crippen molar-refractivity contribution in [3.05, 3.63) is 29.8 Å². The molecule has 0 radical (unpaired) electrons. The number of hydrogen-bond donors (Lipinski definition) is 2. The van der Waals surface area contributed by atoms with Gasteiger partial charge in [-0.15, -0.1) is 0 Å². The van der Waals surface area contributed by atoms with Crippen LogP contribution in [0.1, 0.15) is 25.5 Å². The molecule has 0 aliphatic carbocycles. The van der Waals surface area contributed by atoms with Gasteiger partial charge in [0.15, 0.2) is 0 Å². The molecule has 3 nitrogen and oxygen atoms in total. The summed E-state index contributed by atoms with van der Waals surface area (Å²) in [6, 6.07) is 7.49. The summed E-state index contributed by atoms with van der Waals surface area (Å²) in [5.41, 5.74) is 6.39. The van der Waals surface area contributed by atoms with Gasteiger partial charge in [0.05, 0.1) is 12.7 Å². The third-order valence-corrected chi connectivity index (χ3v) is 2.44. The number of hydrogen-bond acceptors (Lipinski definition) is 3. The predicted molar refractivity (Wildman–Crippen MR) is 60.8 cm³/mol. The monoisotopic (exact) mass is 209 g/mol. The minimum atomic E-state index is -0.495. The lowest BCUT2D eigenvalue weighted by molar-refractivity contribution is 0.121. The van der Waals surface area contributed by atoms with Crippen molar-refractivity contribution in [1.82, 2.24) is 0 Å². The second kappa shape index (κ2) is 5.73. The van der Waals surface area contributed by atoms with E-state index >= 15 is 0 Å². The Balaban J connectivity index is 2.70. The van der Waals surface area contributed by atoms with Crippen molar-refractivity contribution in [2.24, 2.45) is 11.7 Å². The molecule has 0 aliphatic heterocycles. The van der Waals surface area contributed by atoms with E-state index in [1.165, 1.54) is 0 Å². The summed E-state index contributed by atoms with van der Waals surface area (Å²) in [5.74, 6) is 0.900.